The van der Waals surface area contributed by atoms with Gasteiger partial charge in [-0.2, -0.15) is 0 Å². The van der Waals surface area contributed by atoms with Gasteiger partial charge in [0.25, 0.3) is 0 Å². The van der Waals surface area contributed by atoms with E-state index in [0.29, 0.717) is 0 Å². The number of rotatable bonds is 3. The van der Waals surface area contributed by atoms with E-state index in [1.165, 1.54) is 25.7 Å². The quantitative estimate of drug-likeness (QED) is 0.525. The summed E-state index contributed by atoms with van der Waals surface area (Å²) in [4.78, 5) is 0. The molecule has 0 saturated heterocycles. The van der Waals surface area contributed by atoms with Gasteiger partial charge >= 0.3 is 0 Å². The lowest BCUT2D eigenvalue weighted by Gasteiger charge is -2.03. The molecule has 0 nitrogen and oxygen atoms in total. The molecule has 0 aromatic carbocycles. The maximum Gasteiger partial charge on any atom is -0.0238 e. The van der Waals surface area contributed by atoms with E-state index in [9.17, 15) is 0 Å². The Morgan fingerprint density at radius 2 is 2.12 bits per heavy atom. The molecule has 8 heavy (non-hydrogen) atoms. The molecule has 0 heteroatoms. The van der Waals surface area contributed by atoms with Crippen molar-refractivity contribution in [3.63, 3.8) is 0 Å². The van der Waals surface area contributed by atoms with Gasteiger partial charge < -0.3 is 0 Å². The molecule has 0 N–H and O–H groups in total. The molecule has 0 aliphatic heterocycles. The largest absolute Gasteiger partial charge is 0.0651 e. The smallest absolute Gasteiger partial charge is 0.0238 e. The highest BCUT2D eigenvalue weighted by molar-refractivity contribution is 5.05. The Morgan fingerprint density at radius 3 is 2.50 bits per heavy atom. The van der Waals surface area contributed by atoms with Crippen LogP contribution in [0.4, 0.5) is 0 Å². The van der Waals surface area contributed by atoms with Crippen molar-refractivity contribution in [3.05, 3.63) is 5.92 Å². The average Bonchev–Trinajstić information content (AvgIpc) is 2.50. The summed E-state index contributed by atoms with van der Waals surface area (Å²) < 4.78 is 0. The van der Waals surface area contributed by atoms with Gasteiger partial charge in [-0.05, 0) is 31.1 Å². The summed E-state index contributed by atoms with van der Waals surface area (Å²) in [6.45, 7) is 4.61. The molecule has 1 radical (unpaired) electrons. The molecular formula is C8H15. The Bertz CT molecular complexity index is 62.4. The molecule has 1 saturated carbocycles. The zero-order valence-corrected chi connectivity index (χ0v) is 5.91. The van der Waals surface area contributed by atoms with Gasteiger partial charge in [0.2, 0.25) is 0 Å². The van der Waals surface area contributed by atoms with Crippen LogP contribution in [-0.2, 0) is 0 Å². The van der Waals surface area contributed by atoms with Crippen molar-refractivity contribution < 1.29 is 0 Å². The van der Waals surface area contributed by atoms with Crippen LogP contribution in [0.1, 0.15) is 39.5 Å². The Morgan fingerprint density at radius 1 is 1.50 bits per heavy atom. The van der Waals surface area contributed by atoms with Crippen molar-refractivity contribution in [2.45, 2.75) is 39.5 Å². The highest BCUT2D eigenvalue weighted by atomic mass is 14.3. The molecule has 0 spiro atoms. The molecule has 1 aliphatic rings. The SMILES string of the molecule is CCC(C)C[C]1CC1. The second-order valence-electron chi connectivity index (χ2n) is 2.97. The van der Waals surface area contributed by atoms with Gasteiger partial charge in [-0.25, -0.2) is 0 Å². The molecule has 1 unspecified atom stereocenters. The van der Waals surface area contributed by atoms with Crippen LogP contribution in [-0.4, -0.2) is 0 Å². The van der Waals surface area contributed by atoms with Crippen LogP contribution in [0.25, 0.3) is 0 Å². The minimum atomic E-state index is 0.951. The van der Waals surface area contributed by atoms with Crippen LogP contribution in [0.5, 0.6) is 0 Å². The fourth-order valence-electron chi connectivity index (χ4n) is 0.930. The van der Waals surface area contributed by atoms with Gasteiger partial charge in [-0.1, -0.05) is 20.3 Å². The highest BCUT2D eigenvalue weighted by Gasteiger charge is 2.23. The monoisotopic (exact) mass is 111 g/mol. The first-order valence-corrected chi connectivity index (χ1v) is 3.66. The number of hydrogen-bond donors (Lipinski definition) is 0. The van der Waals surface area contributed by atoms with Crippen LogP contribution < -0.4 is 0 Å². The standard InChI is InChI=1S/C8H15/c1-3-7(2)6-8-4-5-8/h7H,3-6H2,1-2H3. The molecule has 1 rings (SSSR count). The second kappa shape index (κ2) is 2.52. The molecule has 1 fully saturated rings. The van der Waals surface area contributed by atoms with Crippen LogP contribution in [0, 0.1) is 11.8 Å². The molecule has 0 aromatic rings. The lowest BCUT2D eigenvalue weighted by atomic mass is 10.0. The molecule has 1 aliphatic carbocycles. The fraction of sp³-hybridized carbons (Fsp3) is 0.875. The van der Waals surface area contributed by atoms with E-state index in [1.807, 2.05) is 0 Å². The van der Waals surface area contributed by atoms with Crippen LogP contribution in [0.2, 0.25) is 0 Å². The summed E-state index contributed by atoms with van der Waals surface area (Å²) in [5, 5.41) is 0. The Hall–Kier alpha value is 0. The summed E-state index contributed by atoms with van der Waals surface area (Å²) >= 11 is 0. The predicted molar refractivity (Wildman–Crippen MR) is 36.5 cm³/mol. The molecule has 0 amide bonds. The zero-order chi connectivity index (χ0) is 5.98. The molecule has 0 heterocycles. The van der Waals surface area contributed by atoms with E-state index >= 15 is 0 Å². The Balaban J connectivity index is 1.98. The van der Waals surface area contributed by atoms with E-state index in [-0.39, 0.29) is 0 Å². The van der Waals surface area contributed by atoms with E-state index in [4.69, 9.17) is 0 Å². The van der Waals surface area contributed by atoms with Crippen LogP contribution in [0.3, 0.4) is 0 Å². The molecule has 47 valence electrons. The van der Waals surface area contributed by atoms with Gasteiger partial charge in [0.05, 0.1) is 0 Å². The van der Waals surface area contributed by atoms with Gasteiger partial charge in [-0.15, -0.1) is 0 Å². The molecular weight excluding hydrogens is 96.1 g/mol. The molecule has 1 atom stereocenters. The van der Waals surface area contributed by atoms with E-state index in [1.54, 1.807) is 5.92 Å². The van der Waals surface area contributed by atoms with Gasteiger partial charge in [-0.3, -0.25) is 0 Å². The first-order chi connectivity index (χ1) is 3.83. The van der Waals surface area contributed by atoms with Crippen molar-refractivity contribution in [1.82, 2.24) is 0 Å². The Kier molecular flexibility index (Phi) is 1.93. The first kappa shape index (κ1) is 6.12. The summed E-state index contributed by atoms with van der Waals surface area (Å²) in [6.07, 6.45) is 5.63. The second-order valence-corrected chi connectivity index (χ2v) is 2.97. The third kappa shape index (κ3) is 1.85. The Labute approximate surface area is 52.3 Å². The third-order valence-electron chi connectivity index (χ3n) is 1.94. The normalized spacial score (nSPS) is 23.2. The first-order valence-electron chi connectivity index (χ1n) is 3.66. The van der Waals surface area contributed by atoms with Gasteiger partial charge in [0.15, 0.2) is 0 Å². The van der Waals surface area contributed by atoms with Crippen molar-refractivity contribution in [3.8, 4) is 0 Å². The van der Waals surface area contributed by atoms with Gasteiger partial charge in [0, 0.05) is 0 Å². The van der Waals surface area contributed by atoms with E-state index < -0.39 is 0 Å². The van der Waals surface area contributed by atoms with Crippen molar-refractivity contribution in [2.24, 2.45) is 5.92 Å². The minimum Gasteiger partial charge on any atom is -0.0651 e. The lowest BCUT2D eigenvalue weighted by Crippen LogP contribution is -1.90. The predicted octanol–water partition coefficient (Wildman–Crippen LogP) is 2.79. The average molecular weight is 111 g/mol. The van der Waals surface area contributed by atoms with Crippen molar-refractivity contribution in [1.29, 1.82) is 0 Å². The topological polar surface area (TPSA) is 0 Å². The van der Waals surface area contributed by atoms with Crippen LogP contribution >= 0.6 is 0 Å². The lowest BCUT2D eigenvalue weighted by molar-refractivity contribution is 0.547. The maximum atomic E-state index is 2.34. The maximum absolute atomic E-state index is 2.34. The molecule has 0 aromatic heterocycles. The summed E-state index contributed by atoms with van der Waals surface area (Å²) in [5.41, 5.74) is 0. The fourth-order valence-corrected chi connectivity index (χ4v) is 0.930. The summed E-state index contributed by atoms with van der Waals surface area (Å²) in [6, 6.07) is 0. The van der Waals surface area contributed by atoms with Crippen molar-refractivity contribution in [2.75, 3.05) is 0 Å². The third-order valence-corrected chi connectivity index (χ3v) is 1.94. The molecule has 0 bridgehead atoms. The number of hydrogen-bond acceptors (Lipinski definition) is 0. The van der Waals surface area contributed by atoms with E-state index in [2.05, 4.69) is 13.8 Å². The summed E-state index contributed by atoms with van der Waals surface area (Å²) in [7, 11) is 0. The van der Waals surface area contributed by atoms with Gasteiger partial charge in [0.1, 0.15) is 0 Å². The van der Waals surface area contributed by atoms with Crippen molar-refractivity contribution >= 4 is 0 Å². The summed E-state index contributed by atoms with van der Waals surface area (Å²) in [5.74, 6) is 2.76. The minimum absolute atomic E-state index is 0.951. The van der Waals surface area contributed by atoms with Crippen LogP contribution in [0.15, 0.2) is 0 Å². The highest BCUT2D eigenvalue weighted by Crippen LogP contribution is 2.38. The van der Waals surface area contributed by atoms with E-state index in [0.717, 1.165) is 5.92 Å². The zero-order valence-electron chi connectivity index (χ0n) is 5.91.